The maximum Gasteiger partial charge on any atom is 0.280 e. The summed E-state index contributed by atoms with van der Waals surface area (Å²) >= 11 is 0. The lowest BCUT2D eigenvalue weighted by molar-refractivity contribution is 0.0985. The third-order valence-electron chi connectivity index (χ3n) is 7.83. The number of hydrogen-bond donors (Lipinski definition) is 3. The number of amides is 1. The highest BCUT2D eigenvalue weighted by Crippen LogP contribution is 2.50. The Morgan fingerprint density at radius 2 is 1.86 bits per heavy atom. The second kappa shape index (κ2) is 7.88. The van der Waals surface area contributed by atoms with Crippen LogP contribution in [0, 0.1) is 11.2 Å². The molecule has 3 aromatic rings. The minimum atomic E-state index is -0.661. The average Bonchev–Trinajstić information content (AvgIpc) is 3.38. The zero-order valence-corrected chi connectivity index (χ0v) is 19.2. The molecule has 0 bridgehead atoms. The molecule has 2 aliphatic heterocycles. The van der Waals surface area contributed by atoms with Crippen molar-refractivity contribution in [3.8, 4) is 0 Å². The normalized spacial score (nSPS) is 20.2. The van der Waals surface area contributed by atoms with Crippen molar-refractivity contribution in [1.82, 2.24) is 15.0 Å². The third-order valence-corrected chi connectivity index (χ3v) is 7.83. The highest BCUT2D eigenvalue weighted by Gasteiger charge is 2.46. The van der Waals surface area contributed by atoms with Gasteiger partial charge in [0.25, 0.3) is 5.91 Å². The fourth-order valence-electron chi connectivity index (χ4n) is 5.83. The van der Waals surface area contributed by atoms with Gasteiger partial charge in [-0.1, -0.05) is 24.3 Å². The van der Waals surface area contributed by atoms with Gasteiger partial charge in [0.1, 0.15) is 5.82 Å². The molecule has 3 aliphatic rings. The monoisotopic (exact) mass is 474 g/mol. The number of aromatic nitrogens is 3. The summed E-state index contributed by atoms with van der Waals surface area (Å²) in [4.78, 5) is 29.7. The number of benzene rings is 1. The molecule has 0 unspecified atom stereocenters. The van der Waals surface area contributed by atoms with Crippen molar-refractivity contribution in [2.24, 2.45) is 11.1 Å². The number of halogens is 1. The largest absolute Gasteiger partial charge is 0.382 e. The summed E-state index contributed by atoms with van der Waals surface area (Å²) < 4.78 is 14.0. The van der Waals surface area contributed by atoms with Crippen LogP contribution in [0.3, 0.4) is 0 Å². The number of anilines is 4. The Morgan fingerprint density at radius 1 is 1.09 bits per heavy atom. The van der Waals surface area contributed by atoms with Gasteiger partial charge in [-0.2, -0.15) is 0 Å². The predicted octanol–water partition coefficient (Wildman–Crippen LogP) is 2.22. The minimum absolute atomic E-state index is 0.0371. The molecule has 1 saturated heterocycles. The van der Waals surface area contributed by atoms with Crippen molar-refractivity contribution < 1.29 is 9.18 Å². The molecule has 1 aliphatic carbocycles. The van der Waals surface area contributed by atoms with E-state index in [1.54, 1.807) is 6.20 Å². The first-order valence-corrected chi connectivity index (χ1v) is 11.8. The topological polar surface area (TPSA) is 140 Å². The molecule has 1 aromatic carbocycles. The molecular weight excluding hydrogens is 447 g/mol. The van der Waals surface area contributed by atoms with E-state index in [1.807, 2.05) is 0 Å². The molecule has 6 N–H and O–H groups in total. The van der Waals surface area contributed by atoms with Crippen molar-refractivity contribution in [3.05, 3.63) is 64.9 Å². The SMILES string of the molecule is Nc1nc2c(cc1F)N(C(=O)c1ncc(N3CCC4(CC3)Cc3ccccc3[C@H]4N)nc1N)CC2. The number of hydrogen-bond acceptors (Lipinski definition) is 8. The molecule has 1 atom stereocenters. The van der Waals surface area contributed by atoms with Gasteiger partial charge in [0.2, 0.25) is 0 Å². The van der Waals surface area contributed by atoms with Crippen LogP contribution in [0.5, 0.6) is 0 Å². The molecule has 4 heterocycles. The number of carbonyl (C=O) groups is 1. The second-order valence-corrected chi connectivity index (χ2v) is 9.69. The lowest BCUT2D eigenvalue weighted by Crippen LogP contribution is -2.44. The highest BCUT2D eigenvalue weighted by molar-refractivity contribution is 6.08. The molecule has 35 heavy (non-hydrogen) atoms. The first-order chi connectivity index (χ1) is 16.9. The smallest absolute Gasteiger partial charge is 0.280 e. The quantitative estimate of drug-likeness (QED) is 0.514. The van der Waals surface area contributed by atoms with Crippen LogP contribution in [0.25, 0.3) is 0 Å². The van der Waals surface area contributed by atoms with Gasteiger partial charge in [-0.3, -0.25) is 4.79 Å². The van der Waals surface area contributed by atoms with Gasteiger partial charge in [0, 0.05) is 38.2 Å². The van der Waals surface area contributed by atoms with Crippen molar-refractivity contribution >= 4 is 29.0 Å². The number of rotatable bonds is 2. The van der Waals surface area contributed by atoms with E-state index in [1.165, 1.54) is 22.1 Å². The number of fused-ring (bicyclic) bond motifs is 2. The number of carbonyl (C=O) groups excluding carboxylic acids is 1. The maximum atomic E-state index is 14.0. The predicted molar refractivity (Wildman–Crippen MR) is 131 cm³/mol. The van der Waals surface area contributed by atoms with Crippen LogP contribution >= 0.6 is 0 Å². The molecule has 180 valence electrons. The van der Waals surface area contributed by atoms with Gasteiger partial charge in [0.15, 0.2) is 23.1 Å². The van der Waals surface area contributed by atoms with E-state index < -0.39 is 11.7 Å². The second-order valence-electron chi connectivity index (χ2n) is 9.69. The summed E-state index contributed by atoms with van der Waals surface area (Å²) in [5.41, 5.74) is 22.1. The third kappa shape index (κ3) is 3.39. The van der Waals surface area contributed by atoms with Crippen LogP contribution in [0.2, 0.25) is 0 Å². The van der Waals surface area contributed by atoms with Crippen molar-refractivity contribution in [1.29, 1.82) is 0 Å². The fraction of sp³-hybridized carbons (Fsp3) is 0.360. The van der Waals surface area contributed by atoms with E-state index in [0.717, 1.165) is 32.4 Å². The summed E-state index contributed by atoms with van der Waals surface area (Å²) in [6.45, 7) is 1.92. The standard InChI is InChI=1S/C25H27FN8O/c26-16-11-18-17(31-22(16)28)5-8-34(18)24(35)20-23(29)32-19(13-30-20)33-9-6-25(7-10-33)12-14-3-1-2-4-15(14)21(25)27/h1-4,11,13,21H,5-10,12,27H2,(H2,28,31)(H2,29,32)/t21-/m1/s1. The zero-order valence-electron chi connectivity index (χ0n) is 19.2. The fourth-order valence-corrected chi connectivity index (χ4v) is 5.83. The van der Waals surface area contributed by atoms with Crippen LogP contribution in [0.1, 0.15) is 46.2 Å². The summed E-state index contributed by atoms with van der Waals surface area (Å²) in [5, 5.41) is 0. The highest BCUT2D eigenvalue weighted by atomic mass is 19.1. The number of pyridine rings is 1. The number of nitrogen functional groups attached to an aromatic ring is 2. The molecule has 1 fully saturated rings. The van der Waals surface area contributed by atoms with E-state index in [9.17, 15) is 9.18 Å². The van der Waals surface area contributed by atoms with Gasteiger partial charge in [-0.15, -0.1) is 0 Å². The Bertz CT molecular complexity index is 1340. The van der Waals surface area contributed by atoms with Gasteiger partial charge < -0.3 is 27.0 Å². The summed E-state index contributed by atoms with van der Waals surface area (Å²) in [7, 11) is 0. The molecule has 9 nitrogen and oxygen atoms in total. The molecule has 2 aromatic heterocycles. The molecule has 1 spiro atoms. The lowest BCUT2D eigenvalue weighted by atomic mass is 9.73. The molecular formula is C25H27FN8O. The summed E-state index contributed by atoms with van der Waals surface area (Å²) in [6, 6.07) is 9.71. The minimum Gasteiger partial charge on any atom is -0.382 e. The summed E-state index contributed by atoms with van der Waals surface area (Å²) in [6.07, 6.45) is 4.95. The first kappa shape index (κ1) is 21.7. The van der Waals surface area contributed by atoms with Crippen LogP contribution in [0.4, 0.5) is 27.5 Å². The van der Waals surface area contributed by atoms with Crippen LogP contribution < -0.4 is 27.0 Å². The molecule has 0 radical (unpaired) electrons. The van der Waals surface area contributed by atoms with Crippen molar-refractivity contribution in [2.75, 3.05) is 40.9 Å². The average molecular weight is 475 g/mol. The summed E-state index contributed by atoms with van der Waals surface area (Å²) in [5.74, 6) is -0.577. The van der Waals surface area contributed by atoms with E-state index >= 15 is 0 Å². The number of piperidine rings is 1. The van der Waals surface area contributed by atoms with E-state index in [0.29, 0.717) is 30.2 Å². The number of nitrogens with zero attached hydrogens (tertiary/aromatic N) is 5. The Labute approximate surface area is 202 Å². The first-order valence-electron chi connectivity index (χ1n) is 11.8. The van der Waals surface area contributed by atoms with E-state index in [-0.39, 0.29) is 28.8 Å². The van der Waals surface area contributed by atoms with E-state index in [4.69, 9.17) is 17.2 Å². The maximum absolute atomic E-state index is 14.0. The van der Waals surface area contributed by atoms with Gasteiger partial charge >= 0.3 is 0 Å². The Balaban J connectivity index is 1.18. The number of nitrogens with two attached hydrogens (primary N) is 3. The Kier molecular flexibility index (Phi) is 4.89. The molecule has 10 heteroatoms. The zero-order chi connectivity index (χ0) is 24.3. The lowest BCUT2D eigenvalue weighted by Gasteiger charge is -2.42. The van der Waals surface area contributed by atoms with E-state index in [2.05, 4.69) is 44.1 Å². The van der Waals surface area contributed by atoms with Crippen LogP contribution in [-0.2, 0) is 12.8 Å². The van der Waals surface area contributed by atoms with Crippen LogP contribution in [0.15, 0.2) is 36.5 Å². The van der Waals surface area contributed by atoms with Gasteiger partial charge in [-0.25, -0.2) is 19.3 Å². The van der Waals surface area contributed by atoms with Crippen LogP contribution in [-0.4, -0.2) is 40.5 Å². The van der Waals surface area contributed by atoms with Crippen molar-refractivity contribution in [2.45, 2.75) is 31.7 Å². The Morgan fingerprint density at radius 3 is 2.60 bits per heavy atom. The molecule has 0 saturated carbocycles. The Hall–Kier alpha value is -3.79. The molecule has 1 amide bonds. The van der Waals surface area contributed by atoms with Crippen molar-refractivity contribution in [3.63, 3.8) is 0 Å². The van der Waals surface area contributed by atoms with Gasteiger partial charge in [-0.05, 0) is 35.8 Å². The molecule has 6 rings (SSSR count). The van der Waals surface area contributed by atoms with Gasteiger partial charge in [0.05, 0.1) is 17.6 Å².